The number of rotatable bonds is 4. The molecule has 0 bridgehead atoms. The van der Waals surface area contributed by atoms with Crippen molar-refractivity contribution in [2.75, 3.05) is 39.4 Å². The Bertz CT molecular complexity index is 559. The molecule has 1 aromatic rings. The summed E-state index contributed by atoms with van der Waals surface area (Å²) in [5.41, 5.74) is 7.48. The van der Waals surface area contributed by atoms with Gasteiger partial charge in [0.15, 0.2) is 0 Å². The number of benzene rings is 1. The van der Waals surface area contributed by atoms with E-state index in [0.717, 1.165) is 37.7 Å². The average molecular weight is 338 g/mol. The quantitative estimate of drug-likeness (QED) is 0.902. The second-order valence-electron chi connectivity index (χ2n) is 6.50. The lowest BCUT2D eigenvalue weighted by atomic mass is 9.94. The van der Waals surface area contributed by atoms with Gasteiger partial charge in [0.2, 0.25) is 5.91 Å². The number of nitrogens with two attached hydrogens (primary N) is 1. The van der Waals surface area contributed by atoms with Crippen molar-refractivity contribution in [3.05, 3.63) is 34.3 Å². The Hall–Kier alpha value is -1.14. The molecular weight excluding hydrogens is 314 g/mol. The fourth-order valence-corrected chi connectivity index (χ4v) is 3.86. The van der Waals surface area contributed by atoms with Gasteiger partial charge in [-0.25, -0.2) is 0 Å². The van der Waals surface area contributed by atoms with Crippen molar-refractivity contribution < 1.29 is 9.53 Å². The number of halogens is 1. The topological polar surface area (TPSA) is 58.8 Å². The third-order valence-corrected chi connectivity index (χ3v) is 5.53. The summed E-state index contributed by atoms with van der Waals surface area (Å²) in [6, 6.07) is 6.02. The van der Waals surface area contributed by atoms with E-state index in [1.54, 1.807) is 0 Å². The lowest BCUT2D eigenvalue weighted by Crippen LogP contribution is -2.63. The molecule has 0 spiro atoms. The van der Waals surface area contributed by atoms with Crippen molar-refractivity contribution in [1.29, 1.82) is 0 Å². The van der Waals surface area contributed by atoms with E-state index in [1.807, 2.05) is 12.1 Å². The van der Waals surface area contributed by atoms with Crippen LogP contribution in [-0.4, -0.2) is 60.6 Å². The Labute approximate surface area is 142 Å². The molecule has 2 aliphatic rings. The number of nitrogens with zero attached hydrogens (tertiary/aromatic N) is 2. The molecule has 2 fully saturated rings. The zero-order chi connectivity index (χ0) is 16.4. The molecule has 2 N–H and O–H groups in total. The number of amides is 1. The first-order chi connectivity index (χ1) is 11.0. The Kier molecular flexibility index (Phi) is 4.92. The van der Waals surface area contributed by atoms with Gasteiger partial charge in [-0.2, -0.15) is 0 Å². The van der Waals surface area contributed by atoms with Crippen LogP contribution in [0.15, 0.2) is 18.2 Å². The summed E-state index contributed by atoms with van der Waals surface area (Å²) in [4.78, 5) is 16.5. The number of hydrogen-bond donors (Lipinski definition) is 1. The summed E-state index contributed by atoms with van der Waals surface area (Å²) in [6.45, 7) is 7.44. The van der Waals surface area contributed by atoms with Gasteiger partial charge in [-0.3, -0.25) is 14.6 Å². The zero-order valence-corrected chi connectivity index (χ0v) is 14.3. The van der Waals surface area contributed by atoms with Gasteiger partial charge in [0, 0.05) is 50.8 Å². The number of aryl methyl sites for hydroxylation is 1. The van der Waals surface area contributed by atoms with Gasteiger partial charge in [-0.1, -0.05) is 23.7 Å². The zero-order valence-electron chi connectivity index (χ0n) is 13.6. The third kappa shape index (κ3) is 3.24. The van der Waals surface area contributed by atoms with Gasteiger partial charge in [0.05, 0.1) is 6.61 Å². The van der Waals surface area contributed by atoms with E-state index in [-0.39, 0.29) is 5.91 Å². The number of carbonyl (C=O) groups is 1. The molecule has 2 saturated heterocycles. The van der Waals surface area contributed by atoms with Gasteiger partial charge in [-0.05, 0) is 24.1 Å². The third-order valence-electron chi connectivity index (χ3n) is 5.17. The first-order valence-electron chi connectivity index (χ1n) is 8.12. The highest BCUT2D eigenvalue weighted by molar-refractivity contribution is 6.31. The Morgan fingerprint density at radius 3 is 2.65 bits per heavy atom. The second-order valence-corrected chi connectivity index (χ2v) is 6.90. The molecule has 126 valence electrons. The summed E-state index contributed by atoms with van der Waals surface area (Å²) in [5.74, 6) is -0.259. The van der Waals surface area contributed by atoms with E-state index in [4.69, 9.17) is 22.1 Å². The molecule has 1 amide bonds. The lowest BCUT2D eigenvalue weighted by Gasteiger charge is -2.43. The van der Waals surface area contributed by atoms with Crippen LogP contribution >= 0.6 is 11.6 Å². The van der Waals surface area contributed by atoms with Gasteiger partial charge in [-0.15, -0.1) is 0 Å². The van der Waals surface area contributed by atoms with Gasteiger partial charge in [0.1, 0.15) is 5.54 Å². The van der Waals surface area contributed by atoms with Gasteiger partial charge in [0.25, 0.3) is 0 Å². The molecule has 0 aromatic heterocycles. The molecule has 1 unspecified atom stereocenters. The SMILES string of the molecule is Cc1cccc(Cl)c1CN1CCN(C2(C(N)=O)CCOC2)CC1. The molecule has 2 aliphatic heterocycles. The highest BCUT2D eigenvalue weighted by atomic mass is 35.5. The van der Waals surface area contributed by atoms with Gasteiger partial charge < -0.3 is 10.5 Å². The molecule has 2 heterocycles. The highest BCUT2D eigenvalue weighted by Crippen LogP contribution is 2.28. The maximum Gasteiger partial charge on any atom is 0.240 e. The van der Waals surface area contributed by atoms with Crippen LogP contribution in [0.25, 0.3) is 0 Å². The Morgan fingerprint density at radius 2 is 2.09 bits per heavy atom. The fourth-order valence-electron chi connectivity index (χ4n) is 3.58. The lowest BCUT2D eigenvalue weighted by molar-refractivity contribution is -0.132. The molecular formula is C17H24ClN3O2. The van der Waals surface area contributed by atoms with Crippen LogP contribution in [0.2, 0.25) is 5.02 Å². The summed E-state index contributed by atoms with van der Waals surface area (Å²) in [6.07, 6.45) is 0.700. The van der Waals surface area contributed by atoms with E-state index in [9.17, 15) is 4.79 Å². The summed E-state index contributed by atoms with van der Waals surface area (Å²) in [7, 11) is 0. The molecule has 1 atom stereocenters. The van der Waals surface area contributed by atoms with Crippen molar-refractivity contribution in [2.24, 2.45) is 5.73 Å². The number of hydrogen-bond acceptors (Lipinski definition) is 4. The molecule has 5 nitrogen and oxygen atoms in total. The monoisotopic (exact) mass is 337 g/mol. The van der Waals surface area contributed by atoms with Crippen LogP contribution in [-0.2, 0) is 16.1 Å². The minimum absolute atomic E-state index is 0.259. The highest BCUT2D eigenvalue weighted by Gasteiger charge is 2.46. The largest absolute Gasteiger partial charge is 0.379 e. The number of piperazine rings is 1. The van der Waals surface area contributed by atoms with Crippen molar-refractivity contribution in [3.8, 4) is 0 Å². The van der Waals surface area contributed by atoms with E-state index in [2.05, 4.69) is 22.8 Å². The fraction of sp³-hybridized carbons (Fsp3) is 0.588. The van der Waals surface area contributed by atoms with Crippen molar-refractivity contribution in [2.45, 2.75) is 25.4 Å². The van der Waals surface area contributed by atoms with E-state index >= 15 is 0 Å². The molecule has 0 radical (unpaired) electrons. The molecule has 0 saturated carbocycles. The normalized spacial score (nSPS) is 26.5. The van der Waals surface area contributed by atoms with Gasteiger partial charge >= 0.3 is 0 Å². The second kappa shape index (κ2) is 6.77. The summed E-state index contributed by atoms with van der Waals surface area (Å²) >= 11 is 6.33. The Balaban J connectivity index is 1.64. The predicted molar refractivity (Wildman–Crippen MR) is 90.4 cm³/mol. The standard InChI is InChI=1S/C17H24ClN3O2/c1-13-3-2-4-15(18)14(13)11-20-6-8-21(9-7-20)17(16(19)22)5-10-23-12-17/h2-4H,5-12H2,1H3,(H2,19,22). The van der Waals surface area contributed by atoms with E-state index in [0.29, 0.717) is 19.6 Å². The Morgan fingerprint density at radius 1 is 1.35 bits per heavy atom. The number of carbonyl (C=O) groups excluding carboxylic acids is 1. The minimum atomic E-state index is -0.605. The van der Waals surface area contributed by atoms with Crippen molar-refractivity contribution >= 4 is 17.5 Å². The molecule has 6 heteroatoms. The maximum absolute atomic E-state index is 12.0. The van der Waals surface area contributed by atoms with Crippen LogP contribution in [0.5, 0.6) is 0 Å². The predicted octanol–water partition coefficient (Wildman–Crippen LogP) is 1.41. The molecule has 0 aliphatic carbocycles. The van der Waals surface area contributed by atoms with E-state index < -0.39 is 5.54 Å². The van der Waals surface area contributed by atoms with E-state index in [1.165, 1.54) is 11.1 Å². The number of ether oxygens (including phenoxy) is 1. The van der Waals surface area contributed by atoms with Crippen LogP contribution in [0.3, 0.4) is 0 Å². The average Bonchev–Trinajstić information content (AvgIpc) is 3.03. The summed E-state index contributed by atoms with van der Waals surface area (Å²) in [5, 5.41) is 0.824. The van der Waals surface area contributed by atoms with Crippen LogP contribution in [0.4, 0.5) is 0 Å². The first-order valence-corrected chi connectivity index (χ1v) is 8.50. The first kappa shape index (κ1) is 16.7. The van der Waals surface area contributed by atoms with Crippen LogP contribution in [0.1, 0.15) is 17.5 Å². The molecule has 23 heavy (non-hydrogen) atoms. The van der Waals surface area contributed by atoms with Crippen molar-refractivity contribution in [3.63, 3.8) is 0 Å². The summed E-state index contributed by atoms with van der Waals surface area (Å²) < 4.78 is 5.46. The van der Waals surface area contributed by atoms with Crippen LogP contribution in [0, 0.1) is 6.92 Å². The molecule has 1 aromatic carbocycles. The maximum atomic E-state index is 12.0. The number of primary amides is 1. The van der Waals surface area contributed by atoms with Crippen molar-refractivity contribution in [1.82, 2.24) is 9.80 Å². The molecule has 3 rings (SSSR count). The van der Waals surface area contributed by atoms with Crippen LogP contribution < -0.4 is 5.73 Å². The smallest absolute Gasteiger partial charge is 0.240 e. The minimum Gasteiger partial charge on any atom is -0.379 e.